The number of rotatable bonds is 7. The number of hydrogen-bond acceptors (Lipinski definition) is 4. The Hall–Kier alpha value is -3.28. The van der Waals surface area contributed by atoms with Crippen LogP contribution in [0.1, 0.15) is 37.3 Å². The molecular weight excluding hydrogens is 394 g/mol. The van der Waals surface area contributed by atoms with Crippen LogP contribution in [0, 0.1) is 0 Å². The molecule has 4 rings (SSSR count). The van der Waals surface area contributed by atoms with E-state index in [1.165, 1.54) is 0 Å². The first-order valence-corrected chi connectivity index (χ1v) is 10.7. The quantitative estimate of drug-likeness (QED) is 0.611. The second kappa shape index (κ2) is 8.84. The van der Waals surface area contributed by atoms with Crippen molar-refractivity contribution in [2.24, 2.45) is 0 Å². The summed E-state index contributed by atoms with van der Waals surface area (Å²) in [5.41, 5.74) is 3.78. The van der Waals surface area contributed by atoms with Crippen LogP contribution in [-0.4, -0.2) is 29.4 Å². The molecule has 162 valence electrons. The molecule has 0 fully saturated rings. The van der Waals surface area contributed by atoms with Crippen LogP contribution in [0.5, 0.6) is 11.5 Å². The maximum absolute atomic E-state index is 13.7. The molecule has 1 aliphatic rings. The minimum Gasteiger partial charge on any atom is -0.497 e. The van der Waals surface area contributed by atoms with Crippen molar-refractivity contribution in [2.45, 2.75) is 45.6 Å². The van der Waals surface area contributed by atoms with Gasteiger partial charge in [0.25, 0.3) is 0 Å². The van der Waals surface area contributed by atoms with Crippen LogP contribution in [0.4, 0.5) is 0 Å². The summed E-state index contributed by atoms with van der Waals surface area (Å²) in [6.07, 6.45) is 6.22. The molecule has 0 saturated carbocycles. The number of carboxylic acid groups (broad SMARTS) is 1. The first-order valence-electron chi connectivity index (χ1n) is 10.7. The van der Waals surface area contributed by atoms with Crippen LogP contribution in [0.2, 0.25) is 0 Å². The minimum absolute atomic E-state index is 0.127. The van der Waals surface area contributed by atoms with Crippen LogP contribution in [0.25, 0.3) is 22.0 Å². The van der Waals surface area contributed by atoms with Crippen LogP contribution < -0.4 is 14.9 Å². The summed E-state index contributed by atoms with van der Waals surface area (Å²) in [5.74, 6) is 0.352. The fourth-order valence-corrected chi connectivity index (χ4v) is 4.32. The molecule has 0 bridgehead atoms. The highest BCUT2D eigenvalue weighted by Crippen LogP contribution is 2.36. The summed E-state index contributed by atoms with van der Waals surface area (Å²) < 4.78 is 12.9. The van der Waals surface area contributed by atoms with Gasteiger partial charge in [0.1, 0.15) is 18.0 Å². The Morgan fingerprint density at radius 1 is 1.26 bits per heavy atom. The van der Waals surface area contributed by atoms with E-state index in [4.69, 9.17) is 9.47 Å². The smallest absolute Gasteiger partial charge is 0.323 e. The predicted octanol–water partition coefficient (Wildman–Crippen LogP) is 4.43. The highest BCUT2D eigenvalue weighted by atomic mass is 16.5. The molecule has 0 atom stereocenters. The average Bonchev–Trinajstić information content (AvgIpc) is 2.78. The first kappa shape index (κ1) is 21.0. The van der Waals surface area contributed by atoms with Crippen molar-refractivity contribution in [1.82, 2.24) is 4.57 Å². The van der Waals surface area contributed by atoms with Gasteiger partial charge in [-0.3, -0.25) is 9.59 Å². The lowest BCUT2D eigenvalue weighted by Gasteiger charge is -2.23. The molecule has 0 amide bonds. The molecular formula is C25H27NO5. The van der Waals surface area contributed by atoms with E-state index in [1.54, 1.807) is 30.0 Å². The van der Waals surface area contributed by atoms with Crippen molar-refractivity contribution >= 4 is 16.9 Å². The Kier molecular flexibility index (Phi) is 5.98. The highest BCUT2D eigenvalue weighted by Gasteiger charge is 2.23. The van der Waals surface area contributed by atoms with Gasteiger partial charge in [0, 0.05) is 11.8 Å². The molecule has 0 saturated heterocycles. The number of pyridine rings is 1. The molecule has 1 aliphatic heterocycles. The van der Waals surface area contributed by atoms with Crippen molar-refractivity contribution < 1.29 is 19.4 Å². The van der Waals surface area contributed by atoms with Gasteiger partial charge in [-0.15, -0.1) is 0 Å². The van der Waals surface area contributed by atoms with Crippen molar-refractivity contribution in [3.8, 4) is 22.6 Å². The number of aryl methyl sites for hydroxylation is 2. The molecule has 6 heteroatoms. The van der Waals surface area contributed by atoms with Crippen LogP contribution in [0.15, 0.2) is 41.3 Å². The fraction of sp³-hybridized carbons (Fsp3) is 0.360. The van der Waals surface area contributed by atoms with Crippen molar-refractivity contribution in [3.05, 3.63) is 57.9 Å². The predicted molar refractivity (Wildman–Crippen MR) is 120 cm³/mol. The maximum atomic E-state index is 13.7. The van der Waals surface area contributed by atoms with Crippen molar-refractivity contribution in [2.75, 3.05) is 13.7 Å². The topological polar surface area (TPSA) is 77.8 Å². The average molecular weight is 421 g/mol. The molecule has 0 aliphatic carbocycles. The minimum atomic E-state index is -0.953. The summed E-state index contributed by atoms with van der Waals surface area (Å²) in [4.78, 5) is 25.4. The van der Waals surface area contributed by atoms with Gasteiger partial charge < -0.3 is 19.1 Å². The third-order valence-corrected chi connectivity index (χ3v) is 5.80. The van der Waals surface area contributed by atoms with Gasteiger partial charge in [-0.05, 0) is 60.6 Å². The number of unbranched alkanes of at least 4 members (excludes halogenated alkanes) is 1. The van der Waals surface area contributed by atoms with E-state index in [0.29, 0.717) is 34.6 Å². The number of ether oxygens (including phenoxy) is 2. The summed E-state index contributed by atoms with van der Waals surface area (Å²) >= 11 is 0. The molecule has 6 nitrogen and oxygen atoms in total. The number of hydrogen-bond donors (Lipinski definition) is 1. The molecule has 2 aromatic carbocycles. The molecule has 3 aromatic rings. The second-order valence-corrected chi connectivity index (χ2v) is 7.93. The van der Waals surface area contributed by atoms with Crippen LogP contribution in [0.3, 0.4) is 0 Å². The summed E-state index contributed by atoms with van der Waals surface area (Å²) in [6, 6.07) is 9.34. The number of benzene rings is 2. The van der Waals surface area contributed by atoms with E-state index < -0.39 is 5.97 Å². The monoisotopic (exact) mass is 421 g/mol. The van der Waals surface area contributed by atoms with E-state index in [2.05, 4.69) is 13.0 Å². The number of methoxy groups -OCH3 is 1. The number of fused-ring (bicyclic) bond motifs is 3. The van der Waals surface area contributed by atoms with Gasteiger partial charge >= 0.3 is 5.97 Å². The summed E-state index contributed by atoms with van der Waals surface area (Å²) in [5, 5.41) is 10.1. The second-order valence-electron chi connectivity index (χ2n) is 7.93. The normalized spacial score (nSPS) is 13.0. The maximum Gasteiger partial charge on any atom is 0.323 e. The summed E-state index contributed by atoms with van der Waals surface area (Å²) in [7, 11) is 1.59. The van der Waals surface area contributed by atoms with Crippen LogP contribution in [-0.2, 0) is 24.2 Å². The lowest BCUT2D eigenvalue weighted by atomic mass is 9.93. The molecule has 1 N–H and O–H groups in total. The van der Waals surface area contributed by atoms with Crippen molar-refractivity contribution in [1.29, 1.82) is 0 Å². The zero-order chi connectivity index (χ0) is 22.0. The highest BCUT2D eigenvalue weighted by molar-refractivity contribution is 5.93. The number of aliphatic carboxylic acids is 1. The Morgan fingerprint density at radius 3 is 2.71 bits per heavy atom. The largest absolute Gasteiger partial charge is 0.497 e. The van der Waals surface area contributed by atoms with Gasteiger partial charge in [0.15, 0.2) is 0 Å². The Bertz CT molecular complexity index is 1180. The third-order valence-electron chi connectivity index (χ3n) is 5.80. The van der Waals surface area contributed by atoms with Gasteiger partial charge in [0.2, 0.25) is 5.43 Å². The van der Waals surface area contributed by atoms with Crippen LogP contribution >= 0.6 is 0 Å². The fourth-order valence-electron chi connectivity index (χ4n) is 4.32. The van der Waals surface area contributed by atoms with E-state index in [-0.39, 0.29) is 12.0 Å². The number of nitrogens with zero attached hydrogens (tertiary/aromatic N) is 1. The van der Waals surface area contributed by atoms with Gasteiger partial charge in [-0.1, -0.05) is 25.5 Å². The van der Waals surface area contributed by atoms with E-state index in [9.17, 15) is 14.7 Å². The van der Waals surface area contributed by atoms with Gasteiger partial charge in [0.05, 0.1) is 24.6 Å². The van der Waals surface area contributed by atoms with Crippen molar-refractivity contribution in [3.63, 3.8) is 0 Å². The number of carboxylic acids is 1. The zero-order valence-electron chi connectivity index (χ0n) is 17.9. The third kappa shape index (κ3) is 4.02. The first-order chi connectivity index (χ1) is 15.0. The number of aromatic nitrogens is 1. The molecule has 0 radical (unpaired) electrons. The molecule has 1 aromatic heterocycles. The lowest BCUT2D eigenvalue weighted by molar-refractivity contribution is -0.137. The lowest BCUT2D eigenvalue weighted by Crippen LogP contribution is -2.20. The van der Waals surface area contributed by atoms with Gasteiger partial charge in [-0.2, -0.15) is 0 Å². The van der Waals surface area contributed by atoms with E-state index >= 15 is 0 Å². The standard InChI is InChI=1S/C25H27NO5/c1-3-4-6-17-13-18-7-5-12-31-25(18)22-23(17)26(15-21(27)28)14-20(24(22)29)16-8-10-19(30-2)11-9-16/h8-11,13-14H,3-7,12,15H2,1-2H3,(H,27,28). The van der Waals surface area contributed by atoms with Gasteiger partial charge in [-0.25, -0.2) is 0 Å². The Morgan fingerprint density at radius 2 is 2.03 bits per heavy atom. The SMILES string of the molecule is CCCCc1cc2c(c3c(=O)c(-c4ccc(OC)cc4)cn(CC(=O)O)c13)OCCC2. The Balaban J connectivity index is 2.05. The summed E-state index contributed by atoms with van der Waals surface area (Å²) in [6.45, 7) is 2.45. The molecule has 31 heavy (non-hydrogen) atoms. The zero-order valence-corrected chi connectivity index (χ0v) is 17.9. The number of carbonyl (C=O) groups is 1. The Labute approximate surface area is 181 Å². The van der Waals surface area contributed by atoms with E-state index in [0.717, 1.165) is 48.8 Å². The molecule has 0 unspecified atom stereocenters. The molecule has 0 spiro atoms. The molecule has 2 heterocycles. The van der Waals surface area contributed by atoms with E-state index in [1.807, 2.05) is 12.1 Å².